The molecule has 0 aromatic heterocycles. The van der Waals surface area contributed by atoms with Crippen LogP contribution >= 0.6 is 15.9 Å². The lowest BCUT2D eigenvalue weighted by atomic mass is 9.99. The molecule has 2 rings (SSSR count). The van der Waals surface area contributed by atoms with Gasteiger partial charge in [0, 0.05) is 4.47 Å². The lowest BCUT2D eigenvalue weighted by Gasteiger charge is -2.20. The Bertz CT molecular complexity index is 574. The third-order valence-corrected chi connectivity index (χ3v) is 3.30. The summed E-state index contributed by atoms with van der Waals surface area (Å²) in [6, 6.07) is 16.0. The normalized spacial score (nSPS) is 11.2. The number of hydrogen-bond acceptors (Lipinski definition) is 2. The number of benzene rings is 2. The van der Waals surface area contributed by atoms with Gasteiger partial charge in [0.2, 0.25) is 0 Å². The molecule has 0 radical (unpaired) electrons. The summed E-state index contributed by atoms with van der Waals surface area (Å²) in [4.78, 5) is 0. The van der Waals surface area contributed by atoms with Crippen LogP contribution in [0.2, 0.25) is 0 Å². The molecule has 0 spiro atoms. The first-order valence-electron chi connectivity index (χ1n) is 7.03. The van der Waals surface area contributed by atoms with Gasteiger partial charge >= 0.3 is 0 Å². The smallest absolute Gasteiger partial charge is 0.162 e. The van der Waals surface area contributed by atoms with Crippen molar-refractivity contribution in [2.75, 3.05) is 6.61 Å². The molecule has 0 aliphatic carbocycles. The highest BCUT2D eigenvalue weighted by Gasteiger charge is 2.13. The van der Waals surface area contributed by atoms with Gasteiger partial charge in [-0.3, -0.25) is 0 Å². The second-order valence-electron chi connectivity index (χ2n) is 6.21. The molecule has 0 bridgehead atoms. The third kappa shape index (κ3) is 5.43. The Balaban J connectivity index is 2.08. The van der Waals surface area contributed by atoms with Gasteiger partial charge in [0.15, 0.2) is 11.5 Å². The highest BCUT2D eigenvalue weighted by Crippen LogP contribution is 2.32. The summed E-state index contributed by atoms with van der Waals surface area (Å²) >= 11 is 3.48. The van der Waals surface area contributed by atoms with Crippen molar-refractivity contribution in [1.29, 1.82) is 0 Å². The van der Waals surface area contributed by atoms with Gasteiger partial charge in [0.25, 0.3) is 0 Å². The predicted molar refractivity (Wildman–Crippen MR) is 89.9 cm³/mol. The van der Waals surface area contributed by atoms with Gasteiger partial charge < -0.3 is 9.47 Å². The van der Waals surface area contributed by atoms with Gasteiger partial charge in [0.05, 0.1) is 6.61 Å². The van der Waals surface area contributed by atoms with Gasteiger partial charge in [-0.05, 0) is 29.2 Å². The molecule has 0 aliphatic heterocycles. The summed E-state index contributed by atoms with van der Waals surface area (Å²) in [6.45, 7) is 7.63. The molecular formula is C18H21BrO2. The maximum absolute atomic E-state index is 5.91. The van der Waals surface area contributed by atoms with E-state index in [1.807, 2.05) is 48.5 Å². The highest BCUT2D eigenvalue weighted by atomic mass is 79.9. The Hall–Kier alpha value is -1.48. The van der Waals surface area contributed by atoms with Crippen LogP contribution in [0.3, 0.4) is 0 Å². The van der Waals surface area contributed by atoms with Crippen molar-refractivity contribution >= 4 is 15.9 Å². The van der Waals surface area contributed by atoms with Crippen molar-refractivity contribution in [2.24, 2.45) is 5.41 Å². The first-order chi connectivity index (χ1) is 9.94. The van der Waals surface area contributed by atoms with E-state index >= 15 is 0 Å². The summed E-state index contributed by atoms with van der Waals surface area (Å²) in [6.07, 6.45) is 0. The first-order valence-corrected chi connectivity index (χ1v) is 7.82. The Morgan fingerprint density at radius 1 is 0.905 bits per heavy atom. The lowest BCUT2D eigenvalue weighted by molar-refractivity contribution is 0.186. The molecule has 0 N–H and O–H groups in total. The van der Waals surface area contributed by atoms with Crippen molar-refractivity contribution < 1.29 is 9.47 Å². The molecule has 0 heterocycles. The molecule has 0 atom stereocenters. The molecule has 2 aromatic rings. The van der Waals surface area contributed by atoms with E-state index in [2.05, 4.69) is 36.7 Å². The van der Waals surface area contributed by atoms with Crippen LogP contribution in [0.1, 0.15) is 26.3 Å². The van der Waals surface area contributed by atoms with Crippen LogP contribution in [0.4, 0.5) is 0 Å². The van der Waals surface area contributed by atoms with E-state index in [9.17, 15) is 0 Å². The van der Waals surface area contributed by atoms with E-state index in [-0.39, 0.29) is 5.41 Å². The third-order valence-electron chi connectivity index (χ3n) is 2.80. The largest absolute Gasteiger partial charge is 0.489 e. The molecule has 0 saturated carbocycles. The Morgan fingerprint density at radius 3 is 2.29 bits per heavy atom. The van der Waals surface area contributed by atoms with Crippen molar-refractivity contribution in [3.63, 3.8) is 0 Å². The molecule has 3 heteroatoms. The van der Waals surface area contributed by atoms with Crippen LogP contribution in [0, 0.1) is 5.41 Å². The SMILES string of the molecule is CC(C)(C)COc1ccc(Br)cc1OCc1ccccc1. The van der Waals surface area contributed by atoms with Crippen molar-refractivity contribution in [2.45, 2.75) is 27.4 Å². The minimum absolute atomic E-state index is 0.115. The van der Waals surface area contributed by atoms with Crippen molar-refractivity contribution in [3.05, 3.63) is 58.6 Å². The molecule has 0 amide bonds. The van der Waals surface area contributed by atoms with E-state index in [0.717, 1.165) is 21.5 Å². The molecule has 21 heavy (non-hydrogen) atoms. The van der Waals surface area contributed by atoms with Crippen LogP contribution in [0.25, 0.3) is 0 Å². The van der Waals surface area contributed by atoms with Gasteiger partial charge in [-0.2, -0.15) is 0 Å². The van der Waals surface area contributed by atoms with Gasteiger partial charge in [-0.25, -0.2) is 0 Å². The highest BCUT2D eigenvalue weighted by molar-refractivity contribution is 9.10. The molecule has 112 valence electrons. The number of halogens is 1. The van der Waals surface area contributed by atoms with Crippen molar-refractivity contribution in [3.8, 4) is 11.5 Å². The minimum Gasteiger partial charge on any atom is -0.489 e. The zero-order valence-electron chi connectivity index (χ0n) is 12.7. The predicted octanol–water partition coefficient (Wildman–Crippen LogP) is 5.45. The maximum Gasteiger partial charge on any atom is 0.162 e. The summed E-state index contributed by atoms with van der Waals surface area (Å²) in [5.74, 6) is 1.54. The van der Waals surface area contributed by atoms with Crippen LogP contribution in [0.5, 0.6) is 11.5 Å². The Labute approximate surface area is 135 Å². The van der Waals surface area contributed by atoms with E-state index in [1.165, 1.54) is 0 Å². The number of ether oxygens (including phenoxy) is 2. The Morgan fingerprint density at radius 2 is 1.62 bits per heavy atom. The first kappa shape index (κ1) is 15.9. The average molecular weight is 349 g/mol. The summed E-state index contributed by atoms with van der Waals surface area (Å²) < 4.78 is 12.8. The standard InChI is InChI=1S/C18H21BrO2/c1-18(2,3)13-21-16-10-9-15(19)11-17(16)20-12-14-7-5-4-6-8-14/h4-11H,12-13H2,1-3H3. The molecule has 0 unspecified atom stereocenters. The molecule has 0 fully saturated rings. The molecule has 0 aliphatic rings. The Kier molecular flexibility index (Phi) is 5.29. The van der Waals surface area contributed by atoms with Gasteiger partial charge in [-0.15, -0.1) is 0 Å². The summed E-state index contributed by atoms with van der Waals surface area (Å²) in [5.41, 5.74) is 1.25. The van der Waals surface area contributed by atoms with Crippen LogP contribution in [-0.2, 0) is 6.61 Å². The number of hydrogen-bond donors (Lipinski definition) is 0. The molecule has 2 aromatic carbocycles. The summed E-state index contributed by atoms with van der Waals surface area (Å²) in [7, 11) is 0. The second kappa shape index (κ2) is 6.99. The fourth-order valence-corrected chi connectivity index (χ4v) is 2.08. The monoisotopic (exact) mass is 348 g/mol. The van der Waals surface area contributed by atoms with Crippen LogP contribution in [0.15, 0.2) is 53.0 Å². The van der Waals surface area contributed by atoms with E-state index < -0.39 is 0 Å². The average Bonchev–Trinajstić information content (AvgIpc) is 2.44. The topological polar surface area (TPSA) is 18.5 Å². The van der Waals surface area contributed by atoms with Gasteiger partial charge in [-0.1, -0.05) is 67.0 Å². The molecule has 2 nitrogen and oxygen atoms in total. The fourth-order valence-electron chi connectivity index (χ4n) is 1.74. The van der Waals surface area contributed by atoms with E-state index in [1.54, 1.807) is 0 Å². The second-order valence-corrected chi connectivity index (χ2v) is 7.13. The fraction of sp³-hybridized carbons (Fsp3) is 0.333. The quantitative estimate of drug-likeness (QED) is 0.714. The number of rotatable bonds is 5. The zero-order valence-corrected chi connectivity index (χ0v) is 14.3. The van der Waals surface area contributed by atoms with Crippen molar-refractivity contribution in [1.82, 2.24) is 0 Å². The van der Waals surface area contributed by atoms with Crippen LogP contribution < -0.4 is 9.47 Å². The summed E-state index contributed by atoms with van der Waals surface area (Å²) in [5, 5.41) is 0. The van der Waals surface area contributed by atoms with E-state index in [4.69, 9.17) is 9.47 Å². The lowest BCUT2D eigenvalue weighted by Crippen LogP contribution is -2.17. The molecular weight excluding hydrogens is 328 g/mol. The zero-order chi connectivity index (χ0) is 15.3. The minimum atomic E-state index is 0.115. The van der Waals surface area contributed by atoms with Crippen LogP contribution in [-0.4, -0.2) is 6.61 Å². The van der Waals surface area contributed by atoms with Gasteiger partial charge in [0.1, 0.15) is 6.61 Å². The van der Waals surface area contributed by atoms with E-state index in [0.29, 0.717) is 13.2 Å². The maximum atomic E-state index is 5.91. The molecule has 0 saturated heterocycles.